The van der Waals surface area contributed by atoms with Crippen LogP contribution in [0.5, 0.6) is 5.75 Å². The Bertz CT molecular complexity index is 530. The SMILES string of the molecule is CCCCCCCCOC(=O)CCCCCC(=O)Oc1ccccc1Cl. The van der Waals surface area contributed by atoms with E-state index in [9.17, 15) is 9.59 Å². The molecule has 0 aliphatic rings. The Labute approximate surface area is 162 Å². The first kappa shape index (κ1) is 22.5. The van der Waals surface area contributed by atoms with Gasteiger partial charge < -0.3 is 9.47 Å². The van der Waals surface area contributed by atoms with Crippen LogP contribution in [0.4, 0.5) is 0 Å². The highest BCUT2D eigenvalue weighted by Crippen LogP contribution is 2.23. The normalized spacial score (nSPS) is 10.5. The molecule has 4 nitrogen and oxygen atoms in total. The Morgan fingerprint density at radius 2 is 1.46 bits per heavy atom. The summed E-state index contributed by atoms with van der Waals surface area (Å²) >= 11 is 5.94. The average Bonchev–Trinajstić information content (AvgIpc) is 2.62. The van der Waals surface area contributed by atoms with Gasteiger partial charge in [-0.05, 0) is 31.4 Å². The highest BCUT2D eigenvalue weighted by Gasteiger charge is 2.08. The third-order valence-electron chi connectivity index (χ3n) is 4.08. The number of carbonyl (C=O) groups is 2. The summed E-state index contributed by atoms with van der Waals surface area (Å²) in [5, 5.41) is 0.425. The van der Waals surface area contributed by atoms with Crippen LogP contribution < -0.4 is 4.74 Å². The average molecular weight is 383 g/mol. The molecule has 0 saturated heterocycles. The molecule has 0 aromatic heterocycles. The summed E-state index contributed by atoms with van der Waals surface area (Å²) < 4.78 is 10.4. The molecule has 0 atom stereocenters. The number of halogens is 1. The molecule has 0 N–H and O–H groups in total. The van der Waals surface area contributed by atoms with Crippen LogP contribution in [-0.4, -0.2) is 18.5 Å². The lowest BCUT2D eigenvalue weighted by Crippen LogP contribution is -2.08. The first-order chi connectivity index (χ1) is 12.6. The highest BCUT2D eigenvalue weighted by molar-refractivity contribution is 6.32. The number of unbranched alkanes of at least 4 members (excludes halogenated alkanes) is 7. The fourth-order valence-electron chi connectivity index (χ4n) is 2.56. The predicted octanol–water partition coefficient (Wildman–Crippen LogP) is 6.10. The van der Waals surface area contributed by atoms with Crippen molar-refractivity contribution in [3.63, 3.8) is 0 Å². The Hall–Kier alpha value is -1.55. The summed E-state index contributed by atoms with van der Waals surface area (Å²) in [5.74, 6) is -0.0570. The molecule has 0 unspecified atom stereocenters. The number of benzene rings is 1. The van der Waals surface area contributed by atoms with Crippen LogP contribution in [0.3, 0.4) is 0 Å². The highest BCUT2D eigenvalue weighted by atomic mass is 35.5. The summed E-state index contributed by atoms with van der Waals surface area (Å²) in [6.45, 7) is 2.72. The van der Waals surface area contributed by atoms with Gasteiger partial charge in [0.1, 0.15) is 5.75 Å². The molecular weight excluding hydrogens is 352 g/mol. The van der Waals surface area contributed by atoms with E-state index in [2.05, 4.69) is 6.92 Å². The zero-order chi connectivity index (χ0) is 19.0. The molecule has 0 aliphatic heterocycles. The Balaban J connectivity index is 1.97. The quantitative estimate of drug-likeness (QED) is 0.221. The summed E-state index contributed by atoms with van der Waals surface area (Å²) in [6.07, 6.45) is 10.0. The van der Waals surface area contributed by atoms with Gasteiger partial charge in [-0.3, -0.25) is 9.59 Å². The van der Waals surface area contributed by atoms with Crippen molar-refractivity contribution in [2.24, 2.45) is 0 Å². The summed E-state index contributed by atoms with van der Waals surface area (Å²) in [7, 11) is 0. The Kier molecular flexibility index (Phi) is 12.6. The standard InChI is InChI=1S/C21H31ClO4/c1-2-3-4-5-6-12-17-25-20(23)15-8-7-9-16-21(24)26-19-14-11-10-13-18(19)22/h10-11,13-14H,2-9,12,15-17H2,1H3. The molecule has 0 saturated carbocycles. The van der Waals surface area contributed by atoms with E-state index < -0.39 is 0 Å². The monoisotopic (exact) mass is 382 g/mol. The number of hydrogen-bond acceptors (Lipinski definition) is 4. The van der Waals surface area contributed by atoms with Gasteiger partial charge in [-0.15, -0.1) is 0 Å². The van der Waals surface area contributed by atoms with E-state index in [-0.39, 0.29) is 11.9 Å². The molecule has 26 heavy (non-hydrogen) atoms. The van der Waals surface area contributed by atoms with E-state index in [1.54, 1.807) is 24.3 Å². The lowest BCUT2D eigenvalue weighted by atomic mass is 10.1. The minimum Gasteiger partial charge on any atom is -0.466 e. The van der Waals surface area contributed by atoms with Crippen molar-refractivity contribution < 1.29 is 19.1 Å². The topological polar surface area (TPSA) is 52.6 Å². The van der Waals surface area contributed by atoms with Crippen LogP contribution in [0.25, 0.3) is 0 Å². The van der Waals surface area contributed by atoms with E-state index in [0.29, 0.717) is 36.6 Å². The lowest BCUT2D eigenvalue weighted by Gasteiger charge is -2.06. The molecule has 5 heteroatoms. The maximum Gasteiger partial charge on any atom is 0.311 e. The minimum atomic E-state index is -0.302. The largest absolute Gasteiger partial charge is 0.466 e. The fourth-order valence-corrected chi connectivity index (χ4v) is 2.73. The van der Waals surface area contributed by atoms with Gasteiger partial charge in [0.05, 0.1) is 11.6 Å². The van der Waals surface area contributed by atoms with Crippen molar-refractivity contribution in [3.8, 4) is 5.75 Å². The molecule has 0 amide bonds. The second-order valence-electron chi connectivity index (χ2n) is 6.45. The maximum atomic E-state index is 11.8. The van der Waals surface area contributed by atoms with E-state index in [4.69, 9.17) is 21.1 Å². The van der Waals surface area contributed by atoms with Gasteiger partial charge in [-0.1, -0.05) is 69.2 Å². The van der Waals surface area contributed by atoms with Gasteiger partial charge in [0, 0.05) is 12.8 Å². The van der Waals surface area contributed by atoms with Gasteiger partial charge >= 0.3 is 11.9 Å². The van der Waals surface area contributed by atoms with Crippen molar-refractivity contribution in [2.75, 3.05) is 6.61 Å². The van der Waals surface area contributed by atoms with Crippen LogP contribution in [0.1, 0.15) is 77.6 Å². The van der Waals surface area contributed by atoms with Crippen molar-refractivity contribution >= 4 is 23.5 Å². The van der Waals surface area contributed by atoms with E-state index in [1.165, 1.54) is 25.7 Å². The summed E-state index contributed by atoms with van der Waals surface area (Å²) in [6, 6.07) is 6.90. The summed E-state index contributed by atoms with van der Waals surface area (Å²) in [5.41, 5.74) is 0. The molecule has 146 valence electrons. The molecular formula is C21H31ClO4. The molecule has 0 aliphatic carbocycles. The van der Waals surface area contributed by atoms with Gasteiger partial charge in [0.15, 0.2) is 0 Å². The minimum absolute atomic E-state index is 0.141. The summed E-state index contributed by atoms with van der Waals surface area (Å²) in [4.78, 5) is 23.4. The second-order valence-corrected chi connectivity index (χ2v) is 6.86. The number of esters is 2. The molecule has 1 rings (SSSR count). The molecule has 0 spiro atoms. The van der Waals surface area contributed by atoms with Crippen LogP contribution in [0, 0.1) is 0 Å². The van der Waals surface area contributed by atoms with Crippen molar-refractivity contribution in [2.45, 2.75) is 77.6 Å². The van der Waals surface area contributed by atoms with E-state index >= 15 is 0 Å². The van der Waals surface area contributed by atoms with Gasteiger partial charge in [-0.2, -0.15) is 0 Å². The van der Waals surface area contributed by atoms with Crippen LogP contribution in [-0.2, 0) is 14.3 Å². The first-order valence-corrected chi connectivity index (χ1v) is 10.1. The van der Waals surface area contributed by atoms with Crippen molar-refractivity contribution in [1.82, 2.24) is 0 Å². The van der Waals surface area contributed by atoms with Gasteiger partial charge in [0.2, 0.25) is 0 Å². The first-order valence-electron chi connectivity index (χ1n) is 9.74. The van der Waals surface area contributed by atoms with Crippen molar-refractivity contribution in [1.29, 1.82) is 0 Å². The van der Waals surface area contributed by atoms with Crippen LogP contribution >= 0.6 is 11.6 Å². The van der Waals surface area contributed by atoms with E-state index in [0.717, 1.165) is 25.7 Å². The lowest BCUT2D eigenvalue weighted by molar-refractivity contribution is -0.143. The number of ether oxygens (including phenoxy) is 2. The molecule has 0 heterocycles. The molecule has 0 bridgehead atoms. The molecule has 0 fully saturated rings. The fraction of sp³-hybridized carbons (Fsp3) is 0.619. The van der Waals surface area contributed by atoms with Gasteiger partial charge in [-0.25, -0.2) is 0 Å². The molecule has 0 radical (unpaired) electrons. The van der Waals surface area contributed by atoms with Gasteiger partial charge in [0.25, 0.3) is 0 Å². The third-order valence-corrected chi connectivity index (χ3v) is 4.40. The second kappa shape index (κ2) is 14.6. The predicted molar refractivity (Wildman–Crippen MR) is 105 cm³/mol. The van der Waals surface area contributed by atoms with Crippen LogP contribution in [0.15, 0.2) is 24.3 Å². The van der Waals surface area contributed by atoms with Crippen molar-refractivity contribution in [3.05, 3.63) is 29.3 Å². The van der Waals surface area contributed by atoms with Crippen LogP contribution in [0.2, 0.25) is 5.02 Å². The maximum absolute atomic E-state index is 11.8. The molecule has 1 aromatic carbocycles. The zero-order valence-electron chi connectivity index (χ0n) is 15.8. The smallest absolute Gasteiger partial charge is 0.311 e. The number of carbonyl (C=O) groups excluding carboxylic acids is 2. The van der Waals surface area contributed by atoms with E-state index in [1.807, 2.05) is 0 Å². The zero-order valence-corrected chi connectivity index (χ0v) is 16.6. The number of para-hydroxylation sites is 1. The Morgan fingerprint density at radius 3 is 2.19 bits per heavy atom. The third kappa shape index (κ3) is 11.1. The number of rotatable bonds is 14. The molecule has 1 aromatic rings. The number of hydrogen-bond donors (Lipinski definition) is 0. The Morgan fingerprint density at radius 1 is 0.846 bits per heavy atom.